The molecule has 1 fully saturated rings. The first-order valence-corrected chi connectivity index (χ1v) is 6.64. The molecule has 0 aliphatic heterocycles. The van der Waals surface area contributed by atoms with E-state index < -0.39 is 6.17 Å². The van der Waals surface area contributed by atoms with Crippen molar-refractivity contribution in [1.82, 2.24) is 0 Å². The topological polar surface area (TPSA) is 26.0 Å². The van der Waals surface area contributed by atoms with E-state index in [1.807, 2.05) is 0 Å². The van der Waals surface area contributed by atoms with Gasteiger partial charge in [-0.15, -0.1) is 0 Å². The van der Waals surface area contributed by atoms with Crippen LogP contribution in [-0.2, 0) is 11.8 Å². The Bertz CT molecular complexity index is 352. The van der Waals surface area contributed by atoms with Crippen LogP contribution in [-0.4, -0.2) is 12.7 Å². The minimum Gasteiger partial charge on any atom is -0.330 e. The van der Waals surface area contributed by atoms with Crippen molar-refractivity contribution in [2.75, 3.05) is 6.54 Å². The summed E-state index contributed by atoms with van der Waals surface area (Å²) >= 11 is 0. The lowest BCUT2D eigenvalue weighted by molar-refractivity contribution is 0.0997. The van der Waals surface area contributed by atoms with Crippen molar-refractivity contribution in [1.29, 1.82) is 0 Å². The minimum atomic E-state index is -0.654. The van der Waals surface area contributed by atoms with Crippen molar-refractivity contribution in [3.8, 4) is 0 Å². The highest BCUT2D eigenvalue weighted by Crippen LogP contribution is 2.44. The molecule has 0 unspecified atom stereocenters. The standard InChI is InChI=1S/C15H22FN/c1-2-3-4-12-5-7-13(8-6-12)15(11-17)9-14(16)10-15/h5-8,14H,2-4,9-11,17H2,1H3. The molecule has 94 valence electrons. The molecule has 17 heavy (non-hydrogen) atoms. The Morgan fingerprint density at radius 1 is 1.29 bits per heavy atom. The molecule has 0 radical (unpaired) electrons. The van der Waals surface area contributed by atoms with Gasteiger partial charge >= 0.3 is 0 Å². The molecule has 0 amide bonds. The van der Waals surface area contributed by atoms with Gasteiger partial charge < -0.3 is 5.73 Å². The lowest BCUT2D eigenvalue weighted by atomic mass is 9.63. The molecule has 0 atom stereocenters. The summed E-state index contributed by atoms with van der Waals surface area (Å²) in [5.74, 6) is 0. The molecule has 0 bridgehead atoms. The second kappa shape index (κ2) is 5.18. The van der Waals surface area contributed by atoms with Gasteiger partial charge in [-0.25, -0.2) is 4.39 Å². The van der Waals surface area contributed by atoms with Crippen LogP contribution in [0.25, 0.3) is 0 Å². The van der Waals surface area contributed by atoms with Gasteiger partial charge in [0, 0.05) is 12.0 Å². The van der Waals surface area contributed by atoms with E-state index in [0.717, 1.165) is 6.42 Å². The van der Waals surface area contributed by atoms with E-state index in [0.29, 0.717) is 19.4 Å². The van der Waals surface area contributed by atoms with E-state index in [1.54, 1.807) is 0 Å². The lowest BCUT2D eigenvalue weighted by Gasteiger charge is -2.44. The largest absolute Gasteiger partial charge is 0.330 e. The molecule has 1 aromatic rings. The number of nitrogens with two attached hydrogens (primary N) is 1. The molecule has 1 aromatic carbocycles. The Kier molecular flexibility index (Phi) is 3.82. The summed E-state index contributed by atoms with van der Waals surface area (Å²) in [6, 6.07) is 8.63. The molecular weight excluding hydrogens is 213 g/mol. The summed E-state index contributed by atoms with van der Waals surface area (Å²) in [6.07, 6.45) is 4.12. The third-order valence-corrected chi connectivity index (χ3v) is 4.00. The minimum absolute atomic E-state index is 0.0807. The summed E-state index contributed by atoms with van der Waals surface area (Å²) < 4.78 is 13.1. The Morgan fingerprint density at radius 3 is 2.41 bits per heavy atom. The number of hydrogen-bond donors (Lipinski definition) is 1. The van der Waals surface area contributed by atoms with Crippen molar-refractivity contribution >= 4 is 0 Å². The highest BCUT2D eigenvalue weighted by Gasteiger charge is 2.44. The normalized spacial score (nSPS) is 27.8. The second-order valence-electron chi connectivity index (χ2n) is 5.29. The zero-order chi connectivity index (χ0) is 12.3. The first kappa shape index (κ1) is 12.6. The third-order valence-electron chi connectivity index (χ3n) is 4.00. The maximum atomic E-state index is 13.1. The summed E-state index contributed by atoms with van der Waals surface area (Å²) in [6.45, 7) is 2.76. The smallest absolute Gasteiger partial charge is 0.102 e. The van der Waals surface area contributed by atoms with Crippen LogP contribution in [0.4, 0.5) is 4.39 Å². The molecule has 2 rings (SSSR count). The van der Waals surface area contributed by atoms with Crippen LogP contribution < -0.4 is 5.73 Å². The molecule has 1 nitrogen and oxygen atoms in total. The van der Waals surface area contributed by atoms with Gasteiger partial charge in [0.15, 0.2) is 0 Å². The highest BCUT2D eigenvalue weighted by atomic mass is 19.1. The quantitative estimate of drug-likeness (QED) is 0.832. The molecule has 0 saturated heterocycles. The van der Waals surface area contributed by atoms with Crippen LogP contribution in [0.3, 0.4) is 0 Å². The Morgan fingerprint density at radius 2 is 1.94 bits per heavy atom. The summed E-state index contributed by atoms with van der Waals surface area (Å²) in [5.41, 5.74) is 8.32. The monoisotopic (exact) mass is 235 g/mol. The van der Waals surface area contributed by atoms with E-state index in [9.17, 15) is 4.39 Å². The third kappa shape index (κ3) is 2.52. The molecule has 0 spiro atoms. The first-order valence-electron chi connectivity index (χ1n) is 6.64. The number of aryl methyl sites for hydroxylation is 1. The van der Waals surface area contributed by atoms with Gasteiger partial charge in [0.05, 0.1) is 0 Å². The SMILES string of the molecule is CCCCc1ccc(C2(CN)CC(F)C2)cc1. The number of halogens is 1. The average Bonchev–Trinajstić information content (AvgIpc) is 2.33. The van der Waals surface area contributed by atoms with Crippen LogP contribution in [0.1, 0.15) is 43.7 Å². The van der Waals surface area contributed by atoms with Gasteiger partial charge in [-0.2, -0.15) is 0 Å². The van der Waals surface area contributed by atoms with Gasteiger partial charge in [-0.1, -0.05) is 37.6 Å². The highest BCUT2D eigenvalue weighted by molar-refractivity contribution is 5.32. The molecule has 2 heteroatoms. The zero-order valence-corrected chi connectivity index (χ0v) is 10.6. The molecule has 2 N–H and O–H groups in total. The van der Waals surface area contributed by atoms with E-state index in [4.69, 9.17) is 5.73 Å². The van der Waals surface area contributed by atoms with E-state index in [-0.39, 0.29) is 5.41 Å². The van der Waals surface area contributed by atoms with Crippen LogP contribution in [0, 0.1) is 0 Å². The van der Waals surface area contributed by atoms with Crippen molar-refractivity contribution in [3.05, 3.63) is 35.4 Å². The molecular formula is C15H22FN. The molecule has 1 aliphatic carbocycles. The average molecular weight is 235 g/mol. The Labute approximate surface area is 103 Å². The zero-order valence-electron chi connectivity index (χ0n) is 10.6. The Hall–Kier alpha value is -0.890. The molecule has 1 aliphatic rings. The number of alkyl halides is 1. The van der Waals surface area contributed by atoms with Crippen molar-refractivity contribution in [3.63, 3.8) is 0 Å². The van der Waals surface area contributed by atoms with Crippen molar-refractivity contribution in [2.45, 2.75) is 50.6 Å². The molecule has 0 aromatic heterocycles. The van der Waals surface area contributed by atoms with Gasteiger partial charge in [0.1, 0.15) is 6.17 Å². The van der Waals surface area contributed by atoms with E-state index >= 15 is 0 Å². The number of benzene rings is 1. The summed E-state index contributed by atoms with van der Waals surface area (Å²) in [5, 5.41) is 0. The fraction of sp³-hybridized carbons (Fsp3) is 0.600. The first-order chi connectivity index (χ1) is 8.20. The number of rotatable bonds is 5. The second-order valence-corrected chi connectivity index (χ2v) is 5.29. The lowest BCUT2D eigenvalue weighted by Crippen LogP contribution is -2.48. The maximum absolute atomic E-state index is 13.1. The van der Waals surface area contributed by atoms with Gasteiger partial charge in [0.25, 0.3) is 0 Å². The molecule has 1 saturated carbocycles. The van der Waals surface area contributed by atoms with Gasteiger partial charge in [-0.05, 0) is 36.8 Å². The van der Waals surface area contributed by atoms with E-state index in [2.05, 4.69) is 31.2 Å². The van der Waals surface area contributed by atoms with Crippen LogP contribution >= 0.6 is 0 Å². The number of hydrogen-bond acceptors (Lipinski definition) is 1. The van der Waals surface area contributed by atoms with Crippen molar-refractivity contribution < 1.29 is 4.39 Å². The predicted molar refractivity (Wildman–Crippen MR) is 69.9 cm³/mol. The fourth-order valence-electron chi connectivity index (χ4n) is 2.71. The van der Waals surface area contributed by atoms with E-state index in [1.165, 1.54) is 24.0 Å². The summed E-state index contributed by atoms with van der Waals surface area (Å²) in [4.78, 5) is 0. The number of unbranched alkanes of at least 4 members (excludes halogenated alkanes) is 1. The van der Waals surface area contributed by atoms with Gasteiger partial charge in [-0.3, -0.25) is 0 Å². The predicted octanol–water partition coefficient (Wildman–Crippen LogP) is 3.36. The van der Waals surface area contributed by atoms with Crippen LogP contribution in [0.5, 0.6) is 0 Å². The summed E-state index contributed by atoms with van der Waals surface area (Å²) in [7, 11) is 0. The Balaban J connectivity index is 2.07. The van der Waals surface area contributed by atoms with Gasteiger partial charge in [0.2, 0.25) is 0 Å². The fourth-order valence-corrected chi connectivity index (χ4v) is 2.71. The van der Waals surface area contributed by atoms with Crippen LogP contribution in [0.2, 0.25) is 0 Å². The maximum Gasteiger partial charge on any atom is 0.102 e. The van der Waals surface area contributed by atoms with Crippen molar-refractivity contribution in [2.24, 2.45) is 5.73 Å². The molecule has 0 heterocycles. The van der Waals surface area contributed by atoms with Crippen LogP contribution in [0.15, 0.2) is 24.3 Å².